The largest absolute Gasteiger partial charge is 0.422 e. The van der Waals surface area contributed by atoms with E-state index in [4.69, 9.17) is 0 Å². The first-order chi connectivity index (χ1) is 28.6. The average Bonchev–Trinajstić information content (AvgIpc) is 3.14. The molecule has 0 saturated carbocycles. The van der Waals surface area contributed by atoms with E-state index in [-0.39, 0.29) is 16.7 Å². The minimum absolute atomic E-state index is 0.181. The van der Waals surface area contributed by atoms with Crippen molar-refractivity contribution in [2.24, 2.45) is 0 Å². The van der Waals surface area contributed by atoms with Crippen molar-refractivity contribution in [1.29, 1.82) is 0 Å². The maximum atomic E-state index is 14.1. The Kier molecular flexibility index (Phi) is 12.3. The molecule has 16 heteroatoms. The highest BCUT2D eigenvalue weighted by Crippen LogP contribution is 2.38. The maximum absolute atomic E-state index is 14.1. The quantitative estimate of drug-likeness (QED) is 0.103. The first kappa shape index (κ1) is 43.9. The molecule has 0 saturated heterocycles. The van der Waals surface area contributed by atoms with Gasteiger partial charge in [-0.25, -0.2) is 26.3 Å². The van der Waals surface area contributed by atoms with Gasteiger partial charge in [-0.1, -0.05) is 72.9 Å². The zero-order valence-corrected chi connectivity index (χ0v) is 30.5. The van der Waals surface area contributed by atoms with Crippen molar-refractivity contribution in [1.82, 2.24) is 0 Å². The number of alkyl halides is 9. The summed E-state index contributed by atoms with van der Waals surface area (Å²) < 4.78 is 202. The molecule has 6 aromatic rings. The normalized spacial score (nSPS) is 12.6. The fourth-order valence-electron chi connectivity index (χ4n) is 6.11. The molecule has 0 atom stereocenters. The second-order valence-corrected chi connectivity index (χ2v) is 13.2. The van der Waals surface area contributed by atoms with Gasteiger partial charge in [0.15, 0.2) is 0 Å². The van der Waals surface area contributed by atoms with Gasteiger partial charge >= 0.3 is 18.5 Å². The summed E-state index contributed by atoms with van der Waals surface area (Å²) >= 11 is 0. The third-order valence-corrected chi connectivity index (χ3v) is 8.90. The van der Waals surface area contributed by atoms with Crippen LogP contribution in [0.1, 0.15) is 50.1 Å². The summed E-state index contributed by atoms with van der Waals surface area (Å²) in [4.78, 5) is 1.73. The van der Waals surface area contributed by atoms with Crippen LogP contribution < -0.4 is 4.90 Å². The Bertz CT molecular complexity index is 2270. The molecule has 0 radical (unpaired) electrons. The molecule has 6 rings (SSSR count). The zero-order chi connectivity index (χ0) is 44.4. The van der Waals surface area contributed by atoms with Crippen molar-refractivity contribution < 1.29 is 65.9 Å². The minimum atomic E-state index is -5.24. The van der Waals surface area contributed by atoms with Gasteiger partial charge in [0.25, 0.3) is 0 Å². The third-order valence-electron chi connectivity index (χ3n) is 8.90. The van der Waals surface area contributed by atoms with Gasteiger partial charge in [-0.3, -0.25) is 0 Å². The van der Waals surface area contributed by atoms with Crippen LogP contribution in [0.5, 0.6) is 0 Å². The SMILES string of the molecule is Fc1cc(C=Cc2ccc(N(c3ccc(C=Cc4cc(F)c(C(F)(F)F)c(F)c4)cc3)c3ccc(C=Cc4cc(F)c(C(F)(F)F)c(F)c4)cc3)cc2)cc(F)c1C(F)(F)F. The topological polar surface area (TPSA) is 3.24 Å². The fourth-order valence-corrected chi connectivity index (χ4v) is 6.11. The highest BCUT2D eigenvalue weighted by molar-refractivity contribution is 5.80. The summed E-state index contributed by atoms with van der Waals surface area (Å²) in [5.74, 6) is -10.7. The molecule has 0 aliphatic heterocycles. The molecule has 0 aromatic heterocycles. The van der Waals surface area contributed by atoms with Gasteiger partial charge in [0.1, 0.15) is 51.6 Å². The number of hydrogen-bond donors (Lipinski definition) is 0. The van der Waals surface area contributed by atoms with E-state index < -0.39 is 70.1 Å². The van der Waals surface area contributed by atoms with E-state index in [1.807, 2.05) is 0 Å². The molecular formula is C45H24F15N. The molecule has 0 aliphatic carbocycles. The molecule has 0 amide bonds. The van der Waals surface area contributed by atoms with Crippen molar-refractivity contribution in [3.05, 3.63) is 194 Å². The van der Waals surface area contributed by atoms with Crippen molar-refractivity contribution in [3.63, 3.8) is 0 Å². The summed E-state index contributed by atoms with van der Waals surface area (Å²) in [7, 11) is 0. The predicted octanol–water partition coefficient (Wildman–Crippen LogP) is 15.6. The number of benzene rings is 6. The van der Waals surface area contributed by atoms with Crippen LogP contribution in [0.4, 0.5) is 82.9 Å². The summed E-state index contributed by atoms with van der Waals surface area (Å²) in [5.41, 5.74) is -3.64. The van der Waals surface area contributed by atoms with Crippen LogP contribution in [0, 0.1) is 34.9 Å². The van der Waals surface area contributed by atoms with E-state index in [1.165, 1.54) is 36.5 Å². The second-order valence-electron chi connectivity index (χ2n) is 13.2. The average molecular weight is 864 g/mol. The highest BCUT2D eigenvalue weighted by Gasteiger charge is 2.39. The van der Waals surface area contributed by atoms with E-state index in [2.05, 4.69) is 0 Å². The number of halogens is 15. The van der Waals surface area contributed by atoms with E-state index in [0.29, 0.717) is 70.2 Å². The first-order valence-corrected chi connectivity index (χ1v) is 17.4. The molecule has 6 aromatic carbocycles. The monoisotopic (exact) mass is 863 g/mol. The molecule has 1 nitrogen and oxygen atoms in total. The number of hydrogen-bond acceptors (Lipinski definition) is 1. The van der Waals surface area contributed by atoms with Gasteiger partial charge in [0.2, 0.25) is 0 Å². The molecule has 61 heavy (non-hydrogen) atoms. The van der Waals surface area contributed by atoms with Gasteiger partial charge < -0.3 is 4.90 Å². The van der Waals surface area contributed by atoms with Crippen molar-refractivity contribution in [2.45, 2.75) is 18.5 Å². The molecule has 0 spiro atoms. The van der Waals surface area contributed by atoms with E-state index in [0.717, 1.165) is 0 Å². The molecular weight excluding hydrogens is 839 g/mol. The Balaban J connectivity index is 1.29. The molecule has 0 bridgehead atoms. The van der Waals surface area contributed by atoms with Crippen molar-refractivity contribution >= 4 is 53.5 Å². The summed E-state index contributed by atoms with van der Waals surface area (Å²) in [6, 6.07) is 22.6. The predicted molar refractivity (Wildman–Crippen MR) is 202 cm³/mol. The van der Waals surface area contributed by atoms with Crippen LogP contribution in [-0.4, -0.2) is 0 Å². The summed E-state index contributed by atoms with van der Waals surface area (Å²) in [5, 5.41) is 0. The van der Waals surface area contributed by atoms with E-state index in [9.17, 15) is 65.9 Å². The lowest BCUT2D eigenvalue weighted by Crippen LogP contribution is -2.11. The Morgan fingerprint density at radius 1 is 0.279 bits per heavy atom. The Hall–Kier alpha value is -6.71. The minimum Gasteiger partial charge on any atom is -0.311 e. The fraction of sp³-hybridized carbons (Fsp3) is 0.0667. The molecule has 0 heterocycles. The molecule has 0 aliphatic rings. The van der Waals surface area contributed by atoms with Crippen LogP contribution in [-0.2, 0) is 18.5 Å². The summed E-state index contributed by atoms with van der Waals surface area (Å²) in [6.45, 7) is 0. The number of anilines is 3. The smallest absolute Gasteiger partial charge is 0.311 e. The summed E-state index contributed by atoms with van der Waals surface area (Å²) in [6.07, 6.45) is -7.88. The Labute approximate surface area is 336 Å². The van der Waals surface area contributed by atoms with E-state index in [1.54, 1.807) is 77.7 Å². The molecule has 0 fully saturated rings. The van der Waals surface area contributed by atoms with Crippen LogP contribution in [0.2, 0.25) is 0 Å². The number of nitrogens with zero attached hydrogens (tertiary/aromatic N) is 1. The Morgan fingerprint density at radius 2 is 0.459 bits per heavy atom. The van der Waals surface area contributed by atoms with Crippen LogP contribution in [0.15, 0.2) is 109 Å². The standard InChI is InChI=1S/C45H24F15N/c46-34-19-28(20-35(47)40(34)43(52,53)54)4-1-25-7-13-31(14-8-25)61(32-15-9-26(10-16-32)2-5-29-21-36(48)41(37(49)22-29)44(55,56)57)33-17-11-27(12-18-33)3-6-30-23-38(50)42(39(51)24-30)45(58,59)60/h1-24H. The lowest BCUT2D eigenvalue weighted by atomic mass is 10.1. The molecule has 314 valence electrons. The van der Waals surface area contributed by atoms with E-state index >= 15 is 0 Å². The van der Waals surface area contributed by atoms with Gasteiger partial charge in [-0.2, -0.15) is 39.5 Å². The van der Waals surface area contributed by atoms with Gasteiger partial charge in [-0.15, -0.1) is 0 Å². The third kappa shape index (κ3) is 10.4. The maximum Gasteiger partial charge on any atom is 0.422 e. The van der Waals surface area contributed by atoms with Crippen LogP contribution >= 0.6 is 0 Å². The van der Waals surface area contributed by atoms with Gasteiger partial charge in [0.05, 0.1) is 0 Å². The van der Waals surface area contributed by atoms with Crippen molar-refractivity contribution in [3.8, 4) is 0 Å². The zero-order valence-electron chi connectivity index (χ0n) is 30.5. The molecule has 0 unspecified atom stereocenters. The Morgan fingerprint density at radius 3 is 0.639 bits per heavy atom. The lowest BCUT2D eigenvalue weighted by Gasteiger charge is -2.26. The van der Waals surface area contributed by atoms with Gasteiger partial charge in [0, 0.05) is 17.1 Å². The van der Waals surface area contributed by atoms with Crippen LogP contribution in [0.25, 0.3) is 36.5 Å². The lowest BCUT2D eigenvalue weighted by molar-refractivity contribution is -0.143. The second kappa shape index (κ2) is 17.1. The first-order valence-electron chi connectivity index (χ1n) is 17.4. The highest BCUT2D eigenvalue weighted by atomic mass is 19.4. The van der Waals surface area contributed by atoms with Crippen molar-refractivity contribution in [2.75, 3.05) is 4.90 Å². The molecule has 0 N–H and O–H groups in total. The number of rotatable bonds is 9. The van der Waals surface area contributed by atoms with Gasteiger partial charge in [-0.05, 0) is 106 Å². The van der Waals surface area contributed by atoms with Crippen LogP contribution in [0.3, 0.4) is 0 Å².